The van der Waals surface area contributed by atoms with Crippen LogP contribution >= 0.6 is 0 Å². The Morgan fingerprint density at radius 2 is 1.36 bits per heavy atom. The van der Waals surface area contributed by atoms with Gasteiger partial charge in [-0.2, -0.15) is 0 Å². The third-order valence-electron chi connectivity index (χ3n) is 4.15. The van der Waals surface area contributed by atoms with Crippen molar-refractivity contribution in [3.8, 4) is 11.5 Å². The van der Waals surface area contributed by atoms with Gasteiger partial charge in [-0.1, -0.05) is 18.2 Å². The summed E-state index contributed by atoms with van der Waals surface area (Å²) < 4.78 is 23.3. The Morgan fingerprint density at radius 1 is 0.821 bits per heavy atom. The maximum atomic E-state index is 12.8. The van der Waals surface area contributed by atoms with E-state index >= 15 is 0 Å². The second kappa shape index (κ2) is 10.9. The van der Waals surface area contributed by atoms with E-state index in [1.54, 1.807) is 26.4 Å². The first-order chi connectivity index (χ1) is 13.5. The van der Waals surface area contributed by atoms with Crippen molar-refractivity contribution in [1.82, 2.24) is 10.6 Å². The molecule has 2 aromatic carbocycles. The topological polar surface area (TPSA) is 76.7 Å². The quantitative estimate of drug-likeness (QED) is 0.612. The number of benzene rings is 2. The van der Waals surface area contributed by atoms with E-state index in [4.69, 9.17) is 9.47 Å². The predicted molar refractivity (Wildman–Crippen MR) is 104 cm³/mol. The molecule has 0 saturated carbocycles. The first-order valence-corrected chi connectivity index (χ1v) is 9.00. The van der Waals surface area contributed by atoms with Crippen molar-refractivity contribution in [1.29, 1.82) is 0 Å². The highest BCUT2D eigenvalue weighted by Gasteiger charge is 2.09. The Labute approximate surface area is 164 Å². The smallest absolute Gasteiger partial charge is 0.229 e. The lowest BCUT2D eigenvalue weighted by Crippen LogP contribution is -2.33. The van der Waals surface area contributed by atoms with E-state index in [0.717, 1.165) is 11.1 Å². The van der Waals surface area contributed by atoms with Crippen LogP contribution in [0.25, 0.3) is 0 Å². The average Bonchev–Trinajstić information content (AvgIpc) is 2.69. The van der Waals surface area contributed by atoms with Gasteiger partial charge in [-0.15, -0.1) is 0 Å². The van der Waals surface area contributed by atoms with Crippen molar-refractivity contribution < 1.29 is 23.5 Å². The molecule has 150 valence electrons. The average molecular weight is 388 g/mol. The molecule has 0 spiro atoms. The summed E-state index contributed by atoms with van der Waals surface area (Å²) in [6, 6.07) is 11.7. The molecule has 6 nitrogen and oxygen atoms in total. The van der Waals surface area contributed by atoms with Gasteiger partial charge in [0.15, 0.2) is 11.5 Å². The standard InChI is InChI=1S/C21H25FN2O4/c1-27-18-8-5-16(13-19(18)28-2)10-12-24-21(26)14-20(25)23-11-9-15-3-6-17(22)7-4-15/h3-8,13H,9-12,14H2,1-2H3,(H,23,25)(H,24,26). The van der Waals surface area contributed by atoms with Crippen LogP contribution in [-0.4, -0.2) is 39.1 Å². The molecule has 7 heteroatoms. The number of amides is 2. The molecule has 2 amide bonds. The minimum absolute atomic E-state index is 0.227. The third-order valence-corrected chi connectivity index (χ3v) is 4.15. The van der Waals surface area contributed by atoms with Crippen molar-refractivity contribution in [3.63, 3.8) is 0 Å². The molecule has 0 bridgehead atoms. The molecule has 0 atom stereocenters. The Balaban J connectivity index is 1.66. The second-order valence-corrected chi connectivity index (χ2v) is 6.19. The first-order valence-electron chi connectivity index (χ1n) is 9.00. The molecule has 0 aliphatic carbocycles. The maximum absolute atomic E-state index is 12.8. The number of carbonyl (C=O) groups is 2. The highest BCUT2D eigenvalue weighted by atomic mass is 19.1. The number of carbonyl (C=O) groups excluding carboxylic acids is 2. The molecule has 0 heterocycles. The van der Waals surface area contributed by atoms with Gasteiger partial charge >= 0.3 is 0 Å². The van der Waals surface area contributed by atoms with Gasteiger partial charge < -0.3 is 20.1 Å². The van der Waals surface area contributed by atoms with Gasteiger partial charge in [-0.25, -0.2) is 4.39 Å². The summed E-state index contributed by atoms with van der Waals surface area (Å²) in [5, 5.41) is 5.42. The molecule has 2 aromatic rings. The number of hydrogen-bond donors (Lipinski definition) is 2. The Morgan fingerprint density at radius 3 is 1.93 bits per heavy atom. The SMILES string of the molecule is COc1ccc(CCNC(=O)CC(=O)NCCc2ccc(F)cc2)cc1OC. The Hall–Kier alpha value is -3.09. The zero-order valence-electron chi connectivity index (χ0n) is 16.1. The molecule has 28 heavy (non-hydrogen) atoms. The summed E-state index contributed by atoms with van der Waals surface area (Å²) >= 11 is 0. The van der Waals surface area contributed by atoms with E-state index in [-0.39, 0.29) is 24.1 Å². The van der Waals surface area contributed by atoms with Gasteiger partial charge in [-0.05, 0) is 48.2 Å². The maximum Gasteiger partial charge on any atom is 0.229 e. The van der Waals surface area contributed by atoms with Gasteiger partial charge in [0.25, 0.3) is 0 Å². The minimum Gasteiger partial charge on any atom is -0.493 e. The molecule has 0 aromatic heterocycles. The van der Waals surface area contributed by atoms with Crippen LogP contribution in [0.1, 0.15) is 17.5 Å². The zero-order chi connectivity index (χ0) is 20.4. The number of halogens is 1. The monoisotopic (exact) mass is 388 g/mol. The molecule has 2 rings (SSSR count). The summed E-state index contributed by atoms with van der Waals surface area (Å²) in [4.78, 5) is 23.7. The van der Waals surface area contributed by atoms with Gasteiger partial charge in [0.1, 0.15) is 12.2 Å². The van der Waals surface area contributed by atoms with E-state index in [9.17, 15) is 14.0 Å². The van der Waals surface area contributed by atoms with E-state index in [1.807, 2.05) is 18.2 Å². The summed E-state index contributed by atoms with van der Waals surface area (Å²) in [6.45, 7) is 0.806. The summed E-state index contributed by atoms with van der Waals surface area (Å²) in [5.74, 6) is 0.308. The molecule has 0 fully saturated rings. The summed E-state index contributed by atoms with van der Waals surface area (Å²) in [7, 11) is 3.14. The number of rotatable bonds is 10. The molecular formula is C21H25FN2O4. The fourth-order valence-corrected chi connectivity index (χ4v) is 2.65. The molecule has 0 radical (unpaired) electrons. The molecular weight excluding hydrogens is 363 g/mol. The summed E-state index contributed by atoms with van der Waals surface area (Å²) in [6.07, 6.45) is 0.959. The first kappa shape index (κ1) is 21.2. The van der Waals surface area contributed by atoms with Crippen molar-refractivity contribution in [2.75, 3.05) is 27.3 Å². The minimum atomic E-state index is -0.342. The fourth-order valence-electron chi connectivity index (χ4n) is 2.65. The van der Waals surface area contributed by atoms with Crippen LogP contribution < -0.4 is 20.1 Å². The van der Waals surface area contributed by atoms with Crippen LogP contribution in [0.5, 0.6) is 11.5 Å². The third kappa shape index (κ3) is 6.90. The highest BCUT2D eigenvalue weighted by molar-refractivity contribution is 5.96. The van der Waals surface area contributed by atoms with Crippen LogP contribution in [0.3, 0.4) is 0 Å². The molecule has 0 aliphatic rings. The van der Waals surface area contributed by atoms with Crippen LogP contribution in [0.4, 0.5) is 4.39 Å². The molecule has 0 saturated heterocycles. The van der Waals surface area contributed by atoms with Crippen molar-refractivity contribution in [2.24, 2.45) is 0 Å². The normalized spacial score (nSPS) is 10.2. The van der Waals surface area contributed by atoms with Gasteiger partial charge in [-0.3, -0.25) is 9.59 Å². The van der Waals surface area contributed by atoms with E-state index in [1.165, 1.54) is 12.1 Å². The number of ether oxygens (including phenoxy) is 2. The van der Waals surface area contributed by atoms with Crippen molar-refractivity contribution in [3.05, 3.63) is 59.4 Å². The van der Waals surface area contributed by atoms with Crippen LogP contribution in [-0.2, 0) is 22.4 Å². The molecule has 0 aliphatic heterocycles. The number of methoxy groups -OCH3 is 2. The van der Waals surface area contributed by atoms with E-state index < -0.39 is 0 Å². The van der Waals surface area contributed by atoms with Gasteiger partial charge in [0.2, 0.25) is 11.8 Å². The molecule has 0 unspecified atom stereocenters. The second-order valence-electron chi connectivity index (χ2n) is 6.19. The largest absolute Gasteiger partial charge is 0.493 e. The molecule has 2 N–H and O–H groups in total. The lowest BCUT2D eigenvalue weighted by molar-refractivity contribution is -0.129. The predicted octanol–water partition coefficient (Wildman–Crippen LogP) is 2.25. The van der Waals surface area contributed by atoms with E-state index in [0.29, 0.717) is 37.4 Å². The highest BCUT2D eigenvalue weighted by Crippen LogP contribution is 2.27. The zero-order valence-corrected chi connectivity index (χ0v) is 16.1. The van der Waals surface area contributed by atoms with E-state index in [2.05, 4.69) is 10.6 Å². The van der Waals surface area contributed by atoms with Crippen molar-refractivity contribution in [2.45, 2.75) is 19.3 Å². The van der Waals surface area contributed by atoms with Crippen LogP contribution in [0.2, 0.25) is 0 Å². The Bertz CT molecular complexity index is 793. The number of nitrogens with one attached hydrogen (secondary N) is 2. The van der Waals surface area contributed by atoms with Gasteiger partial charge in [0, 0.05) is 13.1 Å². The summed E-state index contributed by atoms with van der Waals surface area (Å²) in [5.41, 5.74) is 1.91. The number of hydrogen-bond acceptors (Lipinski definition) is 4. The lowest BCUT2D eigenvalue weighted by Gasteiger charge is -2.10. The van der Waals surface area contributed by atoms with Gasteiger partial charge in [0.05, 0.1) is 14.2 Å². The lowest BCUT2D eigenvalue weighted by atomic mass is 10.1. The van der Waals surface area contributed by atoms with Crippen LogP contribution in [0, 0.1) is 5.82 Å². The van der Waals surface area contributed by atoms with Crippen LogP contribution in [0.15, 0.2) is 42.5 Å². The van der Waals surface area contributed by atoms with Crippen molar-refractivity contribution >= 4 is 11.8 Å². The Kier molecular flexibility index (Phi) is 8.27. The fraction of sp³-hybridized carbons (Fsp3) is 0.333.